The van der Waals surface area contributed by atoms with Crippen LogP contribution in [-0.4, -0.2) is 73.6 Å². The first kappa shape index (κ1) is 34.6. The Balaban J connectivity index is 1.16. The van der Waals surface area contributed by atoms with Gasteiger partial charge in [0.2, 0.25) is 0 Å². The van der Waals surface area contributed by atoms with Crippen LogP contribution < -0.4 is 10.1 Å². The number of nitrogens with zero attached hydrogens (tertiary/aromatic N) is 4. The number of carbonyl (C=O) groups excluding carboxylic acids is 1. The summed E-state index contributed by atoms with van der Waals surface area (Å²) in [5, 5.41) is 13.4. The molecule has 0 radical (unpaired) electrons. The lowest BCUT2D eigenvalue weighted by Gasteiger charge is -2.34. The van der Waals surface area contributed by atoms with Crippen LogP contribution in [0.25, 0.3) is 22.3 Å². The molecule has 3 aliphatic carbocycles. The lowest BCUT2D eigenvalue weighted by atomic mass is 9.76. The number of hydrogen-bond donors (Lipinski definition) is 2. The van der Waals surface area contributed by atoms with Crippen molar-refractivity contribution in [3.8, 4) is 17.1 Å². The molecule has 3 aromatic rings. The number of halogens is 5. The van der Waals surface area contributed by atoms with Crippen molar-refractivity contribution in [1.82, 2.24) is 24.8 Å². The first-order valence-electron chi connectivity index (χ1n) is 17.6. The van der Waals surface area contributed by atoms with E-state index in [0.29, 0.717) is 61.4 Å². The first-order valence-corrected chi connectivity index (χ1v) is 17.6. The van der Waals surface area contributed by atoms with Gasteiger partial charge in [0.25, 0.3) is 11.8 Å². The van der Waals surface area contributed by atoms with Gasteiger partial charge in [-0.3, -0.25) is 9.69 Å². The molecule has 50 heavy (non-hydrogen) atoms. The summed E-state index contributed by atoms with van der Waals surface area (Å²) < 4.78 is 78.9. The average molecular weight is 704 g/mol. The molecule has 1 saturated heterocycles. The van der Waals surface area contributed by atoms with E-state index in [4.69, 9.17) is 4.74 Å². The largest absolute Gasteiger partial charge is 0.490 e. The molecule has 270 valence electrons. The van der Waals surface area contributed by atoms with Gasteiger partial charge in [0.05, 0.1) is 17.6 Å². The zero-order valence-corrected chi connectivity index (χ0v) is 28.1. The zero-order chi connectivity index (χ0) is 35.6. The van der Waals surface area contributed by atoms with Gasteiger partial charge in [-0.05, 0) is 81.3 Å². The third kappa shape index (κ3) is 6.79. The second kappa shape index (κ2) is 12.8. The molecule has 2 bridgehead atoms. The van der Waals surface area contributed by atoms with Gasteiger partial charge in [-0.2, -0.15) is 13.2 Å². The molecule has 4 unspecified atom stereocenters. The number of fused-ring (bicyclic) bond motifs is 3. The summed E-state index contributed by atoms with van der Waals surface area (Å²) in [6, 6.07) is 5.47. The molecule has 9 nitrogen and oxygen atoms in total. The number of aliphatic carboxylic acids is 1. The molecule has 2 N–H and O–H groups in total. The maximum Gasteiger partial charge on any atom is 0.434 e. The van der Waals surface area contributed by atoms with Crippen LogP contribution in [0.1, 0.15) is 93.7 Å². The number of piperidine rings is 1. The topological polar surface area (TPSA) is 110 Å². The van der Waals surface area contributed by atoms with Crippen molar-refractivity contribution < 1.29 is 41.4 Å². The molecule has 7 rings (SSSR count). The maximum atomic E-state index is 14.6. The Bertz CT molecular complexity index is 1780. The Morgan fingerprint density at radius 3 is 2.46 bits per heavy atom. The highest BCUT2D eigenvalue weighted by molar-refractivity contribution is 6.00. The highest BCUT2D eigenvalue weighted by Crippen LogP contribution is 2.51. The van der Waals surface area contributed by atoms with Crippen LogP contribution >= 0.6 is 0 Å². The monoisotopic (exact) mass is 703 g/mol. The second-order valence-electron chi connectivity index (χ2n) is 15.0. The summed E-state index contributed by atoms with van der Waals surface area (Å²) in [5.74, 6) is -4.76. The lowest BCUT2D eigenvalue weighted by Crippen LogP contribution is -2.57. The van der Waals surface area contributed by atoms with Crippen LogP contribution in [0.2, 0.25) is 0 Å². The third-order valence-electron chi connectivity index (χ3n) is 11.1. The zero-order valence-electron chi connectivity index (χ0n) is 28.1. The number of likely N-dealkylation sites (tertiary alicyclic amines) is 1. The fourth-order valence-electron chi connectivity index (χ4n) is 8.63. The fourth-order valence-corrected chi connectivity index (χ4v) is 8.63. The SMILES string of the molecule is CCC1CC2CC(C1)C(NC(=O)c1cnc(-c3cn(C4CC4)c4cc(OC5CCN(CC(C)(F)F)CC5)ccc34)nc1C(F)(F)F)(C(=O)O)C2. The molecule has 0 spiro atoms. The summed E-state index contributed by atoms with van der Waals surface area (Å²) in [4.78, 5) is 36.1. The normalized spacial score (nSPS) is 26.3. The van der Waals surface area contributed by atoms with Crippen LogP contribution in [0, 0.1) is 17.8 Å². The van der Waals surface area contributed by atoms with Crippen LogP contribution in [0.3, 0.4) is 0 Å². The number of nitrogens with one attached hydrogen (secondary N) is 1. The van der Waals surface area contributed by atoms with Gasteiger partial charge in [0.15, 0.2) is 11.5 Å². The molecule has 4 atom stereocenters. The number of carboxylic acids is 1. The first-order chi connectivity index (χ1) is 23.6. The van der Waals surface area contributed by atoms with Gasteiger partial charge in [0, 0.05) is 55.5 Å². The predicted octanol–water partition coefficient (Wildman–Crippen LogP) is 7.35. The van der Waals surface area contributed by atoms with Crippen molar-refractivity contribution in [3.05, 3.63) is 41.9 Å². The fraction of sp³-hybridized carbons (Fsp3) is 0.611. The number of alkyl halides is 5. The standard InChI is InChI=1S/C36H42F5N5O4/c1-3-20-12-21-14-22(13-20)35(16-21,33(48)49)44-32(47)27-17-42-31(43-30(27)36(39,40)41)28-18-46(23-4-5-23)29-15-25(6-7-26(28)29)50-24-8-10-45(11-9-24)19-34(2,37)38/h6-7,15,17-18,20-24H,3-5,8-14,16,19H2,1-2H3,(H,44,47)(H,48,49). The van der Waals surface area contributed by atoms with Crippen molar-refractivity contribution >= 4 is 22.8 Å². The number of rotatable bonds is 10. The minimum atomic E-state index is -5.02. The van der Waals surface area contributed by atoms with E-state index >= 15 is 0 Å². The molecular weight excluding hydrogens is 661 g/mol. The minimum absolute atomic E-state index is 0.0835. The molecule has 3 heterocycles. The number of aromatic nitrogens is 3. The molecule has 1 aromatic carbocycles. The lowest BCUT2D eigenvalue weighted by molar-refractivity contribution is -0.146. The Kier molecular flexibility index (Phi) is 8.83. The van der Waals surface area contributed by atoms with Crippen LogP contribution in [0.15, 0.2) is 30.6 Å². The van der Waals surface area contributed by atoms with Gasteiger partial charge in [-0.15, -0.1) is 0 Å². The van der Waals surface area contributed by atoms with Gasteiger partial charge < -0.3 is 19.7 Å². The third-order valence-corrected chi connectivity index (χ3v) is 11.1. The molecule has 1 amide bonds. The number of hydrogen-bond acceptors (Lipinski definition) is 6. The summed E-state index contributed by atoms with van der Waals surface area (Å²) in [5.41, 5.74) is -2.78. The van der Waals surface area contributed by atoms with Gasteiger partial charge in [-0.25, -0.2) is 23.5 Å². The highest BCUT2D eigenvalue weighted by Gasteiger charge is 2.57. The van der Waals surface area contributed by atoms with E-state index < -0.39 is 40.8 Å². The number of ether oxygens (including phenoxy) is 1. The summed E-state index contributed by atoms with van der Waals surface area (Å²) in [6.07, 6.45) is 3.48. The molecule has 4 aliphatic rings. The van der Waals surface area contributed by atoms with Crippen molar-refractivity contribution in [2.45, 2.75) is 101 Å². The van der Waals surface area contributed by atoms with Crippen molar-refractivity contribution in [2.75, 3.05) is 19.6 Å². The molecule has 3 saturated carbocycles. The van der Waals surface area contributed by atoms with Crippen LogP contribution in [0.5, 0.6) is 5.75 Å². The summed E-state index contributed by atoms with van der Waals surface area (Å²) >= 11 is 0. The summed E-state index contributed by atoms with van der Waals surface area (Å²) in [7, 11) is 0. The van der Waals surface area contributed by atoms with Gasteiger partial charge >= 0.3 is 12.1 Å². The van der Waals surface area contributed by atoms with Gasteiger partial charge in [-0.1, -0.05) is 13.3 Å². The van der Waals surface area contributed by atoms with E-state index in [9.17, 15) is 36.6 Å². The predicted molar refractivity (Wildman–Crippen MR) is 174 cm³/mol. The molecule has 14 heteroatoms. The Hall–Kier alpha value is -3.81. The van der Waals surface area contributed by atoms with E-state index in [1.165, 1.54) is 0 Å². The highest BCUT2D eigenvalue weighted by atomic mass is 19.4. The molecule has 2 aromatic heterocycles. The molecule has 1 aliphatic heterocycles. The smallest absolute Gasteiger partial charge is 0.434 e. The van der Waals surface area contributed by atoms with E-state index in [1.54, 1.807) is 23.2 Å². The quantitative estimate of drug-likeness (QED) is 0.213. The van der Waals surface area contributed by atoms with E-state index in [2.05, 4.69) is 15.3 Å². The van der Waals surface area contributed by atoms with Gasteiger partial charge in [0.1, 0.15) is 17.4 Å². The van der Waals surface area contributed by atoms with Crippen LogP contribution in [0.4, 0.5) is 22.0 Å². The Labute approximate surface area is 286 Å². The number of benzene rings is 1. The minimum Gasteiger partial charge on any atom is -0.490 e. The van der Waals surface area contributed by atoms with Crippen molar-refractivity contribution in [1.29, 1.82) is 0 Å². The Morgan fingerprint density at radius 1 is 1.08 bits per heavy atom. The number of carboxylic acid groups (broad SMARTS) is 1. The van der Waals surface area contributed by atoms with Crippen molar-refractivity contribution in [2.24, 2.45) is 17.8 Å². The number of carbonyl (C=O) groups is 2. The second-order valence-corrected chi connectivity index (χ2v) is 15.0. The van der Waals surface area contributed by atoms with E-state index in [-0.39, 0.29) is 42.8 Å². The maximum absolute atomic E-state index is 14.6. The summed E-state index contributed by atoms with van der Waals surface area (Å²) in [6.45, 7) is 3.63. The average Bonchev–Trinajstić information content (AvgIpc) is 3.78. The molecular formula is C36H42F5N5O4. The van der Waals surface area contributed by atoms with Crippen molar-refractivity contribution in [3.63, 3.8) is 0 Å². The molecule has 4 fully saturated rings. The number of amides is 1. The Morgan fingerprint density at radius 2 is 1.82 bits per heavy atom. The van der Waals surface area contributed by atoms with Crippen LogP contribution in [-0.2, 0) is 11.0 Å². The van der Waals surface area contributed by atoms with E-state index in [1.807, 2.05) is 17.6 Å². The van der Waals surface area contributed by atoms with E-state index in [0.717, 1.165) is 44.3 Å².